The molecule has 0 spiro atoms. The standard InChI is InChI=1S/C22H24N2O6S2.2K/c25-19(11-15-7-3-1-4-8-15)23-17(21(27)28)13-31-32-14-18(22(29)30)24-20(26)12-16-9-5-2-6-10-16;;/h1-10,17-18H,11-14H2,(H,23,25)(H,24,26)(H,27,28)(H,29,30);;/q;2*+1/p-2/t17-,18?;;/m0../s1. The summed E-state index contributed by atoms with van der Waals surface area (Å²) in [5.41, 5.74) is 1.49. The Hall–Kier alpha value is 0.293. The zero-order valence-electron chi connectivity index (χ0n) is 19.0. The maximum Gasteiger partial charge on any atom is 1.00 e. The Morgan fingerprint density at radius 1 is 0.647 bits per heavy atom. The Morgan fingerprint density at radius 3 is 1.26 bits per heavy atom. The molecule has 0 radical (unpaired) electrons. The van der Waals surface area contributed by atoms with E-state index < -0.39 is 35.8 Å². The van der Waals surface area contributed by atoms with E-state index in [0.717, 1.165) is 32.7 Å². The van der Waals surface area contributed by atoms with Crippen LogP contribution in [0.15, 0.2) is 60.7 Å². The molecule has 12 heteroatoms. The fourth-order valence-corrected chi connectivity index (χ4v) is 4.92. The van der Waals surface area contributed by atoms with Crippen LogP contribution in [0.5, 0.6) is 0 Å². The molecule has 0 heterocycles. The molecule has 0 aliphatic heterocycles. The molecule has 34 heavy (non-hydrogen) atoms. The van der Waals surface area contributed by atoms with Gasteiger partial charge in [-0.2, -0.15) is 0 Å². The molecule has 2 aromatic carbocycles. The monoisotopic (exact) mass is 552 g/mol. The van der Waals surface area contributed by atoms with Crippen molar-refractivity contribution in [3.05, 3.63) is 71.8 Å². The average molecular weight is 553 g/mol. The van der Waals surface area contributed by atoms with Gasteiger partial charge in [0.2, 0.25) is 11.8 Å². The van der Waals surface area contributed by atoms with Gasteiger partial charge in [-0.1, -0.05) is 82.3 Å². The van der Waals surface area contributed by atoms with Crippen LogP contribution in [0.4, 0.5) is 0 Å². The third kappa shape index (κ3) is 14.1. The topological polar surface area (TPSA) is 138 Å². The summed E-state index contributed by atoms with van der Waals surface area (Å²) in [5, 5.41) is 27.5. The molecule has 8 nitrogen and oxygen atoms in total. The van der Waals surface area contributed by atoms with E-state index in [2.05, 4.69) is 10.6 Å². The van der Waals surface area contributed by atoms with E-state index in [4.69, 9.17) is 0 Å². The van der Waals surface area contributed by atoms with Gasteiger partial charge in [0, 0.05) is 11.5 Å². The van der Waals surface area contributed by atoms with E-state index in [0.29, 0.717) is 0 Å². The number of amides is 2. The number of hydrogen-bond donors (Lipinski definition) is 2. The van der Waals surface area contributed by atoms with Gasteiger partial charge in [-0.05, 0) is 11.1 Å². The number of carbonyl (C=O) groups excluding carboxylic acids is 4. The molecule has 0 saturated heterocycles. The largest absolute Gasteiger partial charge is 1.00 e. The first-order valence-electron chi connectivity index (χ1n) is 9.68. The second-order valence-electron chi connectivity index (χ2n) is 6.77. The summed E-state index contributed by atoms with van der Waals surface area (Å²) >= 11 is 0. The first kappa shape index (κ1) is 34.3. The number of carboxylic acids is 2. The van der Waals surface area contributed by atoms with E-state index >= 15 is 0 Å². The van der Waals surface area contributed by atoms with Gasteiger partial charge in [-0.25, -0.2) is 0 Å². The van der Waals surface area contributed by atoms with Crippen molar-refractivity contribution in [1.82, 2.24) is 10.6 Å². The van der Waals surface area contributed by atoms with Crippen LogP contribution in [-0.4, -0.2) is 47.3 Å². The van der Waals surface area contributed by atoms with Gasteiger partial charge in [0.15, 0.2) is 0 Å². The van der Waals surface area contributed by atoms with Crippen molar-refractivity contribution >= 4 is 45.3 Å². The van der Waals surface area contributed by atoms with Crippen molar-refractivity contribution < 1.29 is 132 Å². The number of carbonyl (C=O) groups is 4. The van der Waals surface area contributed by atoms with Gasteiger partial charge < -0.3 is 30.4 Å². The van der Waals surface area contributed by atoms with Crippen LogP contribution >= 0.6 is 21.6 Å². The summed E-state index contributed by atoms with van der Waals surface area (Å²) in [5.74, 6) is -3.87. The third-order valence-corrected chi connectivity index (χ3v) is 6.63. The average Bonchev–Trinajstić information content (AvgIpc) is 2.76. The van der Waals surface area contributed by atoms with Crippen molar-refractivity contribution in [3.63, 3.8) is 0 Å². The summed E-state index contributed by atoms with van der Waals surface area (Å²) in [4.78, 5) is 46.8. The quantitative estimate of drug-likeness (QED) is 0.142. The Kier molecular flexibility index (Phi) is 19.6. The van der Waals surface area contributed by atoms with E-state index in [1.165, 1.54) is 0 Å². The summed E-state index contributed by atoms with van der Waals surface area (Å²) in [6.45, 7) is 0. The van der Waals surface area contributed by atoms with Crippen molar-refractivity contribution in [2.75, 3.05) is 11.5 Å². The number of benzene rings is 2. The fraction of sp³-hybridized carbons (Fsp3) is 0.273. The van der Waals surface area contributed by atoms with Crippen LogP contribution in [0.3, 0.4) is 0 Å². The molecule has 2 N–H and O–H groups in total. The van der Waals surface area contributed by atoms with E-state index in [1.54, 1.807) is 48.5 Å². The molecule has 2 atom stereocenters. The molecule has 0 aliphatic carbocycles. The Morgan fingerprint density at radius 2 is 0.971 bits per heavy atom. The first-order valence-corrected chi connectivity index (χ1v) is 12.2. The number of hydrogen-bond acceptors (Lipinski definition) is 8. The number of carboxylic acid groups (broad SMARTS) is 2. The summed E-state index contributed by atoms with van der Waals surface area (Å²) < 4.78 is 0. The molecule has 2 amide bonds. The molecule has 1 unspecified atom stereocenters. The van der Waals surface area contributed by atoms with Crippen LogP contribution < -0.4 is 124 Å². The van der Waals surface area contributed by atoms with Gasteiger partial charge in [-0.15, -0.1) is 0 Å². The Bertz CT molecular complexity index is 847. The minimum atomic E-state index is -1.44. The van der Waals surface area contributed by atoms with Crippen LogP contribution in [0, 0.1) is 0 Å². The molecule has 2 rings (SSSR count). The van der Waals surface area contributed by atoms with Crippen LogP contribution in [0.1, 0.15) is 11.1 Å². The molecular weight excluding hydrogens is 531 g/mol. The fourth-order valence-electron chi connectivity index (χ4n) is 2.62. The van der Waals surface area contributed by atoms with Crippen molar-refractivity contribution in [2.45, 2.75) is 24.9 Å². The SMILES string of the molecule is O=C(Cc1ccccc1)NC(CSSC[C@H](NC(=O)Cc1ccccc1)C(=O)[O-])C(=O)[O-].[K+].[K+]. The molecule has 2 aromatic rings. The second-order valence-corrected chi connectivity index (χ2v) is 9.32. The van der Waals surface area contributed by atoms with E-state index in [9.17, 15) is 29.4 Å². The van der Waals surface area contributed by atoms with Crippen molar-refractivity contribution in [3.8, 4) is 0 Å². The van der Waals surface area contributed by atoms with Gasteiger partial charge >= 0.3 is 103 Å². The van der Waals surface area contributed by atoms with Gasteiger partial charge in [0.05, 0.1) is 36.9 Å². The predicted molar refractivity (Wildman–Crippen MR) is 119 cm³/mol. The van der Waals surface area contributed by atoms with Gasteiger partial charge in [0.25, 0.3) is 0 Å². The number of nitrogens with one attached hydrogen (secondary N) is 2. The molecule has 0 aliphatic rings. The summed E-state index contributed by atoms with van der Waals surface area (Å²) in [6, 6.07) is 15.3. The normalized spacial score (nSPS) is 11.6. The molecule has 0 aromatic heterocycles. The molecule has 0 bridgehead atoms. The van der Waals surface area contributed by atoms with Crippen molar-refractivity contribution in [1.29, 1.82) is 0 Å². The van der Waals surface area contributed by atoms with E-state index in [1.807, 2.05) is 12.1 Å². The smallest absolute Gasteiger partial charge is 0.548 e. The second kappa shape index (κ2) is 19.4. The zero-order valence-corrected chi connectivity index (χ0v) is 26.9. The van der Waals surface area contributed by atoms with Crippen molar-refractivity contribution in [2.24, 2.45) is 0 Å². The van der Waals surface area contributed by atoms with Crippen LogP contribution in [-0.2, 0) is 32.0 Å². The van der Waals surface area contributed by atoms with Crippen LogP contribution in [0.2, 0.25) is 0 Å². The Labute approximate surface area is 291 Å². The molecule has 0 saturated carbocycles. The maximum atomic E-state index is 12.1. The molecule has 0 fully saturated rings. The van der Waals surface area contributed by atoms with E-state index in [-0.39, 0.29) is 127 Å². The van der Waals surface area contributed by atoms with Gasteiger partial charge in [-0.3, -0.25) is 9.59 Å². The summed E-state index contributed by atoms with van der Waals surface area (Å²) in [6.07, 6.45) is 0.0608. The third-order valence-electron chi connectivity index (χ3n) is 4.21. The first-order chi connectivity index (χ1) is 15.3. The number of rotatable bonds is 13. The van der Waals surface area contributed by atoms with Gasteiger partial charge in [0.1, 0.15) is 0 Å². The molecular formula is C22H22K2N2O6S2. The minimum absolute atomic E-state index is 0. The molecule has 170 valence electrons. The number of aliphatic carboxylic acids is 2. The Balaban J connectivity index is 0.00000544. The summed E-state index contributed by atoms with van der Waals surface area (Å²) in [7, 11) is 2.11. The van der Waals surface area contributed by atoms with Crippen LogP contribution in [0.25, 0.3) is 0 Å². The zero-order chi connectivity index (χ0) is 23.3. The maximum absolute atomic E-state index is 12.1. The predicted octanol–water partition coefficient (Wildman–Crippen LogP) is -6.67. The minimum Gasteiger partial charge on any atom is -0.548 e.